The molecule has 31 heavy (non-hydrogen) atoms. The highest BCUT2D eigenvalue weighted by Crippen LogP contribution is 2.25. The van der Waals surface area contributed by atoms with Crippen LogP contribution < -0.4 is 15.6 Å². The molecule has 0 aliphatic rings. The Hall–Kier alpha value is -4.14. The first kappa shape index (κ1) is 20.1. The maximum Gasteiger partial charge on any atom is 0.256 e. The van der Waals surface area contributed by atoms with Crippen molar-refractivity contribution in [3.05, 3.63) is 76.4 Å². The SMILES string of the molecule is COc1ccc(C(=O)Nc2cc(-c3ccco3)nn2-c2nc(C(C)C)cc(=O)[nH]2)cc1. The molecule has 0 saturated heterocycles. The Morgan fingerprint density at radius 2 is 1.97 bits per heavy atom. The van der Waals surface area contributed by atoms with Gasteiger partial charge in [-0.05, 0) is 42.3 Å². The number of H-pyrrole nitrogens is 1. The molecular weight excluding hydrogens is 398 g/mol. The summed E-state index contributed by atoms with van der Waals surface area (Å²) in [4.78, 5) is 32.2. The number of nitrogens with one attached hydrogen (secondary N) is 2. The van der Waals surface area contributed by atoms with Gasteiger partial charge in [-0.25, -0.2) is 4.98 Å². The molecule has 0 atom stereocenters. The summed E-state index contributed by atoms with van der Waals surface area (Å²) in [5, 5.41) is 7.32. The molecule has 0 bridgehead atoms. The van der Waals surface area contributed by atoms with Crippen LogP contribution in [0.25, 0.3) is 17.4 Å². The van der Waals surface area contributed by atoms with Gasteiger partial charge in [-0.15, -0.1) is 0 Å². The zero-order chi connectivity index (χ0) is 22.0. The van der Waals surface area contributed by atoms with E-state index in [1.165, 1.54) is 17.0 Å². The van der Waals surface area contributed by atoms with E-state index in [0.717, 1.165) is 0 Å². The van der Waals surface area contributed by atoms with Gasteiger partial charge in [0.2, 0.25) is 5.95 Å². The van der Waals surface area contributed by atoms with Gasteiger partial charge >= 0.3 is 0 Å². The predicted octanol–water partition coefficient (Wildman–Crippen LogP) is 3.60. The number of aromatic nitrogens is 4. The standard InChI is InChI=1S/C22H21N5O4/c1-13(2)16-12-20(28)25-22(23-16)27-19(11-17(26-27)18-5-4-10-31-18)24-21(29)14-6-8-15(30-3)9-7-14/h4-13H,1-3H3,(H,24,29)(H,23,25,28). The molecule has 158 valence electrons. The summed E-state index contributed by atoms with van der Waals surface area (Å²) in [7, 11) is 1.56. The average molecular weight is 419 g/mol. The highest BCUT2D eigenvalue weighted by molar-refractivity contribution is 6.04. The van der Waals surface area contributed by atoms with Crippen molar-refractivity contribution in [1.82, 2.24) is 19.7 Å². The third-order valence-corrected chi connectivity index (χ3v) is 4.62. The van der Waals surface area contributed by atoms with Crippen molar-refractivity contribution < 1.29 is 13.9 Å². The highest BCUT2D eigenvalue weighted by atomic mass is 16.5. The zero-order valence-electron chi connectivity index (χ0n) is 17.2. The molecule has 0 spiro atoms. The van der Waals surface area contributed by atoms with E-state index in [9.17, 15) is 9.59 Å². The van der Waals surface area contributed by atoms with Crippen molar-refractivity contribution >= 4 is 11.7 Å². The number of carbonyl (C=O) groups is 1. The maximum atomic E-state index is 12.8. The number of carbonyl (C=O) groups excluding carboxylic acids is 1. The second-order valence-corrected chi connectivity index (χ2v) is 7.14. The number of amides is 1. The minimum absolute atomic E-state index is 0.0403. The van der Waals surface area contributed by atoms with Gasteiger partial charge in [-0.1, -0.05) is 13.8 Å². The molecule has 0 fully saturated rings. The van der Waals surface area contributed by atoms with Crippen LogP contribution >= 0.6 is 0 Å². The van der Waals surface area contributed by atoms with Gasteiger partial charge in [0.25, 0.3) is 11.5 Å². The topological polar surface area (TPSA) is 115 Å². The molecule has 1 amide bonds. The first-order chi connectivity index (χ1) is 14.9. The van der Waals surface area contributed by atoms with Crippen LogP contribution in [-0.4, -0.2) is 32.8 Å². The molecule has 3 aromatic heterocycles. The van der Waals surface area contributed by atoms with Gasteiger partial charge in [-0.3, -0.25) is 14.6 Å². The molecular formula is C22H21N5O4. The molecule has 0 aliphatic heterocycles. The van der Waals surface area contributed by atoms with Crippen LogP contribution in [-0.2, 0) is 0 Å². The third-order valence-electron chi connectivity index (χ3n) is 4.62. The molecule has 0 radical (unpaired) electrons. The van der Waals surface area contributed by atoms with Crippen molar-refractivity contribution in [2.75, 3.05) is 12.4 Å². The van der Waals surface area contributed by atoms with E-state index in [2.05, 4.69) is 20.4 Å². The largest absolute Gasteiger partial charge is 0.497 e. The van der Waals surface area contributed by atoms with Crippen LogP contribution in [0, 0.1) is 0 Å². The van der Waals surface area contributed by atoms with Gasteiger partial charge < -0.3 is 14.5 Å². The first-order valence-electron chi connectivity index (χ1n) is 9.65. The smallest absolute Gasteiger partial charge is 0.256 e. The summed E-state index contributed by atoms with van der Waals surface area (Å²) in [5.74, 6) is 1.38. The minimum Gasteiger partial charge on any atom is -0.497 e. The third kappa shape index (κ3) is 4.25. The van der Waals surface area contributed by atoms with Gasteiger partial charge in [0.05, 0.1) is 19.1 Å². The lowest BCUT2D eigenvalue weighted by Crippen LogP contribution is -2.19. The molecule has 4 rings (SSSR count). The summed E-state index contributed by atoms with van der Waals surface area (Å²) >= 11 is 0. The number of ether oxygens (including phenoxy) is 1. The van der Waals surface area contributed by atoms with Gasteiger partial charge in [0.1, 0.15) is 17.3 Å². The van der Waals surface area contributed by atoms with Crippen molar-refractivity contribution in [3.8, 4) is 23.2 Å². The quantitative estimate of drug-likeness (QED) is 0.493. The lowest BCUT2D eigenvalue weighted by Gasteiger charge is -2.10. The Balaban J connectivity index is 1.76. The average Bonchev–Trinajstić information content (AvgIpc) is 3.43. The van der Waals surface area contributed by atoms with Crippen molar-refractivity contribution in [2.45, 2.75) is 19.8 Å². The number of hydrogen-bond donors (Lipinski definition) is 2. The summed E-state index contributed by atoms with van der Waals surface area (Å²) in [6.07, 6.45) is 1.53. The normalized spacial score (nSPS) is 11.0. The number of nitrogens with zero attached hydrogens (tertiary/aromatic N) is 3. The molecule has 9 nitrogen and oxygen atoms in total. The molecule has 4 aromatic rings. The van der Waals surface area contributed by atoms with Crippen LogP contribution in [0.3, 0.4) is 0 Å². The van der Waals surface area contributed by atoms with E-state index in [0.29, 0.717) is 34.3 Å². The second kappa shape index (κ2) is 8.31. The number of anilines is 1. The Morgan fingerprint density at radius 3 is 2.61 bits per heavy atom. The Bertz CT molecular complexity index is 1250. The fourth-order valence-corrected chi connectivity index (χ4v) is 2.97. The molecule has 1 aromatic carbocycles. The van der Waals surface area contributed by atoms with Crippen molar-refractivity contribution in [3.63, 3.8) is 0 Å². The Kier molecular flexibility index (Phi) is 5.40. The van der Waals surface area contributed by atoms with E-state index in [4.69, 9.17) is 9.15 Å². The van der Waals surface area contributed by atoms with Crippen LogP contribution in [0.4, 0.5) is 5.82 Å². The summed E-state index contributed by atoms with van der Waals surface area (Å²) in [5.41, 5.74) is 1.22. The van der Waals surface area contributed by atoms with E-state index >= 15 is 0 Å². The minimum atomic E-state index is -0.350. The number of benzene rings is 1. The van der Waals surface area contributed by atoms with Crippen molar-refractivity contribution in [2.24, 2.45) is 0 Å². The van der Waals surface area contributed by atoms with Crippen LogP contribution in [0.1, 0.15) is 35.8 Å². The van der Waals surface area contributed by atoms with Gasteiger partial charge in [-0.2, -0.15) is 9.78 Å². The Labute approximate surface area is 177 Å². The van der Waals surface area contributed by atoms with Gasteiger partial charge in [0, 0.05) is 17.7 Å². The summed E-state index contributed by atoms with van der Waals surface area (Å²) in [6, 6.07) is 13.3. The second-order valence-electron chi connectivity index (χ2n) is 7.14. The highest BCUT2D eigenvalue weighted by Gasteiger charge is 2.18. The molecule has 0 unspecified atom stereocenters. The predicted molar refractivity (Wildman–Crippen MR) is 115 cm³/mol. The fraction of sp³-hybridized carbons (Fsp3) is 0.182. The Morgan fingerprint density at radius 1 is 1.19 bits per heavy atom. The van der Waals surface area contributed by atoms with E-state index in [1.54, 1.807) is 49.6 Å². The van der Waals surface area contributed by atoms with Crippen LogP contribution in [0.15, 0.2) is 64.0 Å². The van der Waals surface area contributed by atoms with Gasteiger partial charge in [0.15, 0.2) is 5.76 Å². The number of aromatic amines is 1. The van der Waals surface area contributed by atoms with E-state index in [1.807, 2.05) is 13.8 Å². The number of methoxy groups -OCH3 is 1. The molecule has 0 aliphatic carbocycles. The van der Waals surface area contributed by atoms with Crippen LogP contribution in [0.2, 0.25) is 0 Å². The maximum absolute atomic E-state index is 12.8. The lowest BCUT2D eigenvalue weighted by molar-refractivity contribution is 0.102. The summed E-state index contributed by atoms with van der Waals surface area (Å²) in [6.45, 7) is 3.88. The monoisotopic (exact) mass is 419 g/mol. The molecule has 0 saturated carbocycles. The zero-order valence-corrected chi connectivity index (χ0v) is 17.2. The fourth-order valence-electron chi connectivity index (χ4n) is 2.97. The number of furan rings is 1. The first-order valence-corrected chi connectivity index (χ1v) is 9.65. The molecule has 9 heteroatoms. The molecule has 3 heterocycles. The van der Waals surface area contributed by atoms with Crippen LogP contribution in [0.5, 0.6) is 5.75 Å². The molecule has 2 N–H and O–H groups in total. The number of rotatable bonds is 6. The van der Waals surface area contributed by atoms with Crippen molar-refractivity contribution in [1.29, 1.82) is 0 Å². The lowest BCUT2D eigenvalue weighted by atomic mass is 10.1. The van der Waals surface area contributed by atoms with E-state index < -0.39 is 0 Å². The number of hydrogen-bond acceptors (Lipinski definition) is 6. The van der Waals surface area contributed by atoms with E-state index in [-0.39, 0.29) is 23.3 Å². The summed E-state index contributed by atoms with van der Waals surface area (Å²) < 4.78 is 11.9.